The van der Waals surface area contributed by atoms with Crippen molar-refractivity contribution in [1.82, 2.24) is 15.1 Å². The van der Waals surface area contributed by atoms with E-state index in [1.165, 1.54) is 6.20 Å². The maximum Gasteiger partial charge on any atom is 0.408 e. The summed E-state index contributed by atoms with van der Waals surface area (Å²) in [6, 6.07) is -0.0917. The van der Waals surface area contributed by atoms with E-state index in [0.717, 1.165) is 0 Å². The normalized spacial score (nSPS) is 22.5. The fourth-order valence-electron chi connectivity index (χ4n) is 2.09. The molecule has 21 heavy (non-hydrogen) atoms. The SMILES string of the molecule is CO[C@H]1CNCC1Nc1cnn(CC(F)(F)F)c(=O)c1Br. The topological polar surface area (TPSA) is 68.2 Å². The van der Waals surface area contributed by atoms with Crippen LogP contribution in [0, 0.1) is 0 Å². The molecule has 2 N–H and O–H groups in total. The van der Waals surface area contributed by atoms with E-state index in [2.05, 4.69) is 31.7 Å². The number of aromatic nitrogens is 2. The molecule has 1 fully saturated rings. The number of hydrogen-bond donors (Lipinski definition) is 2. The van der Waals surface area contributed by atoms with Crippen LogP contribution < -0.4 is 16.2 Å². The summed E-state index contributed by atoms with van der Waals surface area (Å²) < 4.78 is 42.6. The van der Waals surface area contributed by atoms with Crippen LogP contribution in [0.4, 0.5) is 18.9 Å². The first-order valence-corrected chi connectivity index (χ1v) is 6.93. The predicted octanol–water partition coefficient (Wildman–Crippen LogP) is 0.967. The Hall–Kier alpha value is -1.13. The van der Waals surface area contributed by atoms with E-state index < -0.39 is 18.3 Å². The number of ether oxygens (including phenoxy) is 1. The Morgan fingerprint density at radius 3 is 2.90 bits per heavy atom. The Morgan fingerprint density at radius 2 is 2.29 bits per heavy atom. The van der Waals surface area contributed by atoms with Crippen molar-refractivity contribution < 1.29 is 17.9 Å². The third kappa shape index (κ3) is 3.95. The number of methoxy groups -OCH3 is 1. The molecular weight excluding hydrogens is 357 g/mol. The summed E-state index contributed by atoms with van der Waals surface area (Å²) in [5, 5.41) is 9.71. The van der Waals surface area contributed by atoms with Crippen molar-refractivity contribution in [2.75, 3.05) is 25.5 Å². The molecule has 0 spiro atoms. The van der Waals surface area contributed by atoms with Gasteiger partial charge in [0.05, 0.1) is 24.0 Å². The summed E-state index contributed by atoms with van der Waals surface area (Å²) in [7, 11) is 1.57. The lowest BCUT2D eigenvalue weighted by atomic mass is 10.2. The number of alkyl halides is 3. The zero-order valence-electron chi connectivity index (χ0n) is 11.1. The predicted molar refractivity (Wildman–Crippen MR) is 73.3 cm³/mol. The number of nitrogens with one attached hydrogen (secondary N) is 2. The highest BCUT2D eigenvalue weighted by Gasteiger charge is 2.31. The lowest BCUT2D eigenvalue weighted by molar-refractivity contribution is -0.143. The number of anilines is 1. The van der Waals surface area contributed by atoms with Gasteiger partial charge in [-0.05, 0) is 15.9 Å². The molecule has 118 valence electrons. The van der Waals surface area contributed by atoms with Crippen LogP contribution in [-0.2, 0) is 11.3 Å². The van der Waals surface area contributed by atoms with Gasteiger partial charge in [0.2, 0.25) is 0 Å². The first kappa shape index (κ1) is 16.2. The van der Waals surface area contributed by atoms with Crippen LogP contribution in [0.15, 0.2) is 15.5 Å². The molecule has 1 aliphatic heterocycles. The molecule has 0 aliphatic carbocycles. The number of hydrogen-bond acceptors (Lipinski definition) is 5. The smallest absolute Gasteiger partial charge is 0.378 e. The molecule has 2 heterocycles. The number of rotatable bonds is 4. The summed E-state index contributed by atoms with van der Waals surface area (Å²) in [5.41, 5.74) is -0.494. The van der Waals surface area contributed by atoms with Gasteiger partial charge >= 0.3 is 6.18 Å². The number of nitrogens with zero attached hydrogens (tertiary/aromatic N) is 2. The molecule has 10 heteroatoms. The third-order valence-corrected chi connectivity index (χ3v) is 3.88. The minimum absolute atomic E-state index is 0.0171. The molecule has 0 bridgehead atoms. The van der Waals surface area contributed by atoms with Crippen LogP contribution in [0.3, 0.4) is 0 Å². The maximum atomic E-state index is 12.3. The molecule has 2 rings (SSSR count). The van der Waals surface area contributed by atoms with Crippen LogP contribution in [0.25, 0.3) is 0 Å². The van der Waals surface area contributed by atoms with Crippen LogP contribution in [-0.4, -0.2) is 48.3 Å². The molecule has 0 saturated carbocycles. The first-order valence-electron chi connectivity index (χ1n) is 6.14. The number of halogens is 4. The van der Waals surface area contributed by atoms with Gasteiger partial charge in [-0.25, -0.2) is 4.68 Å². The van der Waals surface area contributed by atoms with Gasteiger partial charge in [0, 0.05) is 20.2 Å². The molecular formula is C11H14BrF3N4O2. The van der Waals surface area contributed by atoms with Gasteiger partial charge in [0.25, 0.3) is 5.56 Å². The van der Waals surface area contributed by atoms with Gasteiger partial charge in [-0.15, -0.1) is 0 Å². The molecule has 1 saturated heterocycles. The van der Waals surface area contributed by atoms with Crippen molar-refractivity contribution >= 4 is 21.6 Å². The van der Waals surface area contributed by atoms with Crippen molar-refractivity contribution in [2.45, 2.75) is 24.9 Å². The highest BCUT2D eigenvalue weighted by atomic mass is 79.9. The summed E-state index contributed by atoms with van der Waals surface area (Å²) in [6.07, 6.45) is -3.39. The lowest BCUT2D eigenvalue weighted by Crippen LogP contribution is -2.36. The van der Waals surface area contributed by atoms with Crippen molar-refractivity contribution in [2.24, 2.45) is 0 Å². The van der Waals surface area contributed by atoms with E-state index in [1.807, 2.05) is 0 Å². The Morgan fingerprint density at radius 1 is 1.57 bits per heavy atom. The second kappa shape index (κ2) is 6.32. The fourth-order valence-corrected chi connectivity index (χ4v) is 2.52. The first-order chi connectivity index (χ1) is 9.81. The summed E-state index contributed by atoms with van der Waals surface area (Å²) in [4.78, 5) is 11.9. The molecule has 0 radical (unpaired) electrons. The standard InChI is InChI=1S/C11H14BrF3N4O2/c1-21-8-4-16-2-6(8)18-7-3-17-19(5-11(13,14)15)10(20)9(7)12/h3,6,8,16,18H,2,4-5H2,1H3/t6?,8-/m0/s1. The summed E-state index contributed by atoms with van der Waals surface area (Å²) in [6.45, 7) is -0.142. The maximum absolute atomic E-state index is 12.3. The van der Waals surface area contributed by atoms with Crippen LogP contribution in [0.1, 0.15) is 0 Å². The van der Waals surface area contributed by atoms with E-state index in [1.54, 1.807) is 7.11 Å². The van der Waals surface area contributed by atoms with E-state index in [0.29, 0.717) is 23.5 Å². The Labute approximate surface area is 126 Å². The average molecular weight is 371 g/mol. The molecule has 0 amide bonds. The third-order valence-electron chi connectivity index (χ3n) is 3.12. The second-order valence-corrected chi connectivity index (χ2v) is 5.43. The van der Waals surface area contributed by atoms with Gasteiger partial charge in [0.1, 0.15) is 11.0 Å². The Bertz CT molecular complexity index is 563. The zero-order chi connectivity index (χ0) is 15.6. The molecule has 1 aromatic heterocycles. The second-order valence-electron chi connectivity index (χ2n) is 4.63. The van der Waals surface area contributed by atoms with Crippen LogP contribution >= 0.6 is 15.9 Å². The fraction of sp³-hybridized carbons (Fsp3) is 0.636. The minimum Gasteiger partial charge on any atom is -0.378 e. The van der Waals surface area contributed by atoms with E-state index >= 15 is 0 Å². The van der Waals surface area contributed by atoms with Crippen molar-refractivity contribution in [1.29, 1.82) is 0 Å². The average Bonchev–Trinajstić information content (AvgIpc) is 2.84. The quantitative estimate of drug-likeness (QED) is 0.826. The Kier molecular flexibility index (Phi) is 4.89. The molecule has 6 nitrogen and oxygen atoms in total. The van der Waals surface area contributed by atoms with E-state index in [4.69, 9.17) is 4.74 Å². The van der Waals surface area contributed by atoms with Gasteiger partial charge < -0.3 is 15.4 Å². The molecule has 1 unspecified atom stereocenters. The van der Waals surface area contributed by atoms with E-state index in [-0.39, 0.29) is 16.6 Å². The highest BCUT2D eigenvalue weighted by Crippen LogP contribution is 2.21. The van der Waals surface area contributed by atoms with Crippen molar-refractivity contribution in [3.8, 4) is 0 Å². The molecule has 1 aliphatic rings. The van der Waals surface area contributed by atoms with Gasteiger partial charge in [-0.2, -0.15) is 18.3 Å². The van der Waals surface area contributed by atoms with Gasteiger partial charge in [-0.1, -0.05) is 0 Å². The van der Waals surface area contributed by atoms with Gasteiger partial charge in [-0.3, -0.25) is 4.79 Å². The minimum atomic E-state index is -4.50. The Balaban J connectivity index is 2.19. The van der Waals surface area contributed by atoms with E-state index in [9.17, 15) is 18.0 Å². The summed E-state index contributed by atoms with van der Waals surface area (Å²) in [5.74, 6) is 0. The highest BCUT2D eigenvalue weighted by molar-refractivity contribution is 9.10. The molecule has 0 aromatic carbocycles. The van der Waals surface area contributed by atoms with Crippen molar-refractivity contribution in [3.63, 3.8) is 0 Å². The van der Waals surface area contributed by atoms with Crippen LogP contribution in [0.5, 0.6) is 0 Å². The lowest BCUT2D eigenvalue weighted by Gasteiger charge is -2.20. The van der Waals surface area contributed by atoms with Crippen molar-refractivity contribution in [3.05, 3.63) is 21.0 Å². The zero-order valence-corrected chi connectivity index (χ0v) is 12.7. The van der Waals surface area contributed by atoms with Crippen LogP contribution in [0.2, 0.25) is 0 Å². The summed E-state index contributed by atoms with van der Waals surface area (Å²) >= 11 is 3.02. The molecule has 2 atom stereocenters. The largest absolute Gasteiger partial charge is 0.408 e. The van der Waals surface area contributed by atoms with Gasteiger partial charge in [0.15, 0.2) is 0 Å². The molecule has 1 aromatic rings. The monoisotopic (exact) mass is 370 g/mol.